The molecular weight excluding hydrogens is 484 g/mol. The summed E-state index contributed by atoms with van der Waals surface area (Å²) < 4.78 is 37.9. The van der Waals surface area contributed by atoms with Gasteiger partial charge in [-0.15, -0.1) is 0 Å². The Labute approximate surface area is 213 Å². The summed E-state index contributed by atoms with van der Waals surface area (Å²) in [6.07, 6.45) is 3.49. The number of amides is 1. The van der Waals surface area contributed by atoms with E-state index in [4.69, 9.17) is 9.47 Å². The van der Waals surface area contributed by atoms with Crippen LogP contribution in [0.1, 0.15) is 55.0 Å². The number of sulfonamides is 1. The lowest BCUT2D eigenvalue weighted by atomic mass is 10.0. The van der Waals surface area contributed by atoms with Gasteiger partial charge in [-0.1, -0.05) is 24.3 Å². The van der Waals surface area contributed by atoms with Crippen molar-refractivity contribution >= 4 is 22.1 Å². The summed E-state index contributed by atoms with van der Waals surface area (Å²) in [5.41, 5.74) is 1.98. The molecule has 0 spiro atoms. The first-order chi connectivity index (χ1) is 16.8. The molecule has 10 nitrogen and oxygen atoms in total. The number of aromatic nitrogens is 2. The van der Waals surface area contributed by atoms with Gasteiger partial charge in [-0.3, -0.25) is 4.68 Å². The summed E-state index contributed by atoms with van der Waals surface area (Å²) in [4.78, 5) is 24.5. The molecule has 1 aromatic carbocycles. The first-order valence-electron chi connectivity index (χ1n) is 11.6. The van der Waals surface area contributed by atoms with Crippen LogP contribution in [0.2, 0.25) is 0 Å². The Morgan fingerprint density at radius 2 is 1.78 bits per heavy atom. The number of esters is 1. The van der Waals surface area contributed by atoms with Gasteiger partial charge in [0, 0.05) is 38.3 Å². The Kier molecular flexibility index (Phi) is 9.83. The highest BCUT2D eigenvalue weighted by atomic mass is 32.2. The molecule has 11 heteroatoms. The van der Waals surface area contributed by atoms with E-state index in [9.17, 15) is 18.0 Å². The fraction of sp³-hybridized carbons (Fsp3) is 0.480. The molecule has 2 aromatic rings. The Morgan fingerprint density at radius 3 is 2.33 bits per heavy atom. The molecule has 36 heavy (non-hydrogen) atoms. The maximum Gasteiger partial charge on any atom is 0.407 e. The Bertz CT molecular complexity index is 1190. The largest absolute Gasteiger partial charge is 0.461 e. The third-order valence-electron chi connectivity index (χ3n) is 5.09. The standard InChI is InChI=1S/C25H36N4O6S/c1-8-34-23(30)22-21(17-19-11-13-20(14-12-19)36(32,33)28(6)7)18(2)29(27-22)16-10-9-15-26-24(31)35-25(3,4)5/h9-14H,8,15-17H2,1-7H3,(H,26,31)/b10-9-. The zero-order valence-corrected chi connectivity index (χ0v) is 22.8. The Hall–Kier alpha value is -3.18. The topological polar surface area (TPSA) is 120 Å². The van der Waals surface area contributed by atoms with Crippen molar-refractivity contribution in [2.75, 3.05) is 27.2 Å². The predicted octanol–water partition coefficient (Wildman–Crippen LogP) is 3.29. The van der Waals surface area contributed by atoms with Crippen LogP contribution in [0, 0.1) is 6.92 Å². The van der Waals surface area contributed by atoms with Crippen LogP contribution in [0.25, 0.3) is 0 Å². The molecule has 1 N–H and O–H groups in total. The van der Waals surface area contributed by atoms with Crippen LogP contribution in [-0.4, -0.2) is 67.4 Å². The number of hydrogen-bond donors (Lipinski definition) is 1. The van der Waals surface area contributed by atoms with E-state index in [2.05, 4.69) is 10.4 Å². The lowest BCUT2D eigenvalue weighted by molar-refractivity contribution is 0.0512. The Balaban J connectivity index is 2.19. The zero-order valence-electron chi connectivity index (χ0n) is 22.0. The minimum Gasteiger partial charge on any atom is -0.461 e. The minimum atomic E-state index is -3.53. The number of nitrogens with zero attached hydrogens (tertiary/aromatic N) is 3. The molecule has 1 aromatic heterocycles. The minimum absolute atomic E-state index is 0.194. The highest BCUT2D eigenvalue weighted by Crippen LogP contribution is 2.21. The molecule has 1 heterocycles. The molecule has 1 amide bonds. The van der Waals surface area contributed by atoms with Gasteiger partial charge in [0.15, 0.2) is 5.69 Å². The second kappa shape index (κ2) is 12.2. The number of benzene rings is 1. The highest BCUT2D eigenvalue weighted by Gasteiger charge is 2.22. The smallest absolute Gasteiger partial charge is 0.407 e. The molecule has 198 valence electrons. The van der Waals surface area contributed by atoms with Crippen LogP contribution >= 0.6 is 0 Å². The van der Waals surface area contributed by atoms with Crippen molar-refractivity contribution in [3.63, 3.8) is 0 Å². The molecule has 0 bridgehead atoms. The summed E-state index contributed by atoms with van der Waals surface area (Å²) in [5.74, 6) is -0.517. The summed E-state index contributed by atoms with van der Waals surface area (Å²) in [7, 11) is -0.566. The van der Waals surface area contributed by atoms with Crippen LogP contribution in [0.5, 0.6) is 0 Å². The number of allylic oxidation sites excluding steroid dienone is 1. The van der Waals surface area contributed by atoms with Gasteiger partial charge >= 0.3 is 12.1 Å². The van der Waals surface area contributed by atoms with E-state index in [1.165, 1.54) is 14.1 Å². The van der Waals surface area contributed by atoms with Gasteiger partial charge in [-0.25, -0.2) is 22.3 Å². The van der Waals surface area contributed by atoms with Crippen molar-refractivity contribution in [3.8, 4) is 0 Å². The molecule has 0 radical (unpaired) electrons. The number of alkyl carbamates (subject to hydrolysis) is 1. The zero-order chi connectivity index (χ0) is 27.1. The van der Waals surface area contributed by atoms with Crippen LogP contribution in [0.4, 0.5) is 4.79 Å². The van der Waals surface area contributed by atoms with Crippen LogP contribution in [-0.2, 0) is 32.5 Å². The van der Waals surface area contributed by atoms with Crippen molar-refractivity contribution < 1.29 is 27.5 Å². The van der Waals surface area contributed by atoms with Crippen LogP contribution < -0.4 is 5.32 Å². The molecule has 0 aliphatic carbocycles. The van der Waals surface area contributed by atoms with E-state index in [1.807, 2.05) is 13.0 Å². The number of nitrogens with one attached hydrogen (secondary N) is 1. The van der Waals surface area contributed by atoms with E-state index < -0.39 is 27.7 Å². The molecule has 0 atom stereocenters. The van der Waals surface area contributed by atoms with Gasteiger partial charge in [-0.2, -0.15) is 5.10 Å². The maximum absolute atomic E-state index is 12.6. The van der Waals surface area contributed by atoms with E-state index in [-0.39, 0.29) is 23.7 Å². The lowest BCUT2D eigenvalue weighted by Gasteiger charge is -2.19. The average Bonchev–Trinajstić information content (AvgIpc) is 3.08. The number of carbonyl (C=O) groups is 2. The number of carbonyl (C=O) groups excluding carboxylic acids is 2. The van der Waals surface area contributed by atoms with Crippen LogP contribution in [0.3, 0.4) is 0 Å². The van der Waals surface area contributed by atoms with Gasteiger partial charge < -0.3 is 14.8 Å². The second-order valence-corrected chi connectivity index (χ2v) is 11.4. The molecule has 0 saturated carbocycles. The van der Waals surface area contributed by atoms with Crippen molar-refractivity contribution in [3.05, 3.63) is 58.9 Å². The molecule has 0 aliphatic rings. The first-order valence-corrected chi connectivity index (χ1v) is 13.1. The maximum atomic E-state index is 12.6. The number of rotatable bonds is 10. The molecule has 0 fully saturated rings. The average molecular weight is 521 g/mol. The normalized spacial score (nSPS) is 12.2. The molecular formula is C25H36N4O6S. The fourth-order valence-electron chi connectivity index (χ4n) is 3.24. The quantitative estimate of drug-likeness (QED) is 0.377. The van der Waals surface area contributed by atoms with Gasteiger partial charge in [-0.05, 0) is 52.3 Å². The predicted molar refractivity (Wildman–Crippen MR) is 136 cm³/mol. The van der Waals surface area contributed by atoms with Gasteiger partial charge in [0.25, 0.3) is 0 Å². The van der Waals surface area contributed by atoms with E-state index in [0.717, 1.165) is 15.6 Å². The highest BCUT2D eigenvalue weighted by molar-refractivity contribution is 7.89. The number of hydrogen-bond acceptors (Lipinski definition) is 7. The molecule has 0 aliphatic heterocycles. The van der Waals surface area contributed by atoms with Crippen molar-refractivity contribution in [1.29, 1.82) is 0 Å². The number of ether oxygens (including phenoxy) is 2. The molecule has 0 unspecified atom stereocenters. The lowest BCUT2D eigenvalue weighted by Crippen LogP contribution is -2.32. The Morgan fingerprint density at radius 1 is 1.14 bits per heavy atom. The third kappa shape index (κ3) is 7.92. The van der Waals surface area contributed by atoms with Gasteiger partial charge in [0.1, 0.15) is 5.60 Å². The molecule has 2 rings (SSSR count). The fourth-order valence-corrected chi connectivity index (χ4v) is 4.15. The van der Waals surface area contributed by atoms with Crippen molar-refractivity contribution in [2.24, 2.45) is 0 Å². The van der Waals surface area contributed by atoms with E-state index in [1.54, 1.807) is 62.7 Å². The van der Waals surface area contributed by atoms with Gasteiger partial charge in [0.2, 0.25) is 10.0 Å². The van der Waals surface area contributed by atoms with Crippen LogP contribution in [0.15, 0.2) is 41.3 Å². The van der Waals surface area contributed by atoms with Gasteiger partial charge in [0.05, 0.1) is 18.0 Å². The summed E-state index contributed by atoms with van der Waals surface area (Å²) >= 11 is 0. The van der Waals surface area contributed by atoms with Crippen molar-refractivity contribution in [2.45, 2.75) is 58.1 Å². The third-order valence-corrected chi connectivity index (χ3v) is 6.92. The first kappa shape index (κ1) is 29.1. The van der Waals surface area contributed by atoms with Crippen molar-refractivity contribution in [1.82, 2.24) is 19.4 Å². The summed E-state index contributed by atoms with van der Waals surface area (Å²) in [6, 6.07) is 6.55. The summed E-state index contributed by atoms with van der Waals surface area (Å²) in [5, 5.41) is 7.11. The SMILES string of the molecule is CCOC(=O)c1nn(C/C=C\CNC(=O)OC(C)(C)C)c(C)c1Cc1ccc(S(=O)(=O)N(C)C)cc1. The van der Waals surface area contributed by atoms with E-state index in [0.29, 0.717) is 18.5 Å². The molecule has 0 saturated heterocycles. The summed E-state index contributed by atoms with van der Waals surface area (Å²) in [6.45, 7) is 9.86. The second-order valence-electron chi connectivity index (χ2n) is 9.28. The van der Waals surface area contributed by atoms with E-state index >= 15 is 0 Å². The monoisotopic (exact) mass is 520 g/mol.